The third-order valence-corrected chi connectivity index (χ3v) is 4.38. The van der Waals surface area contributed by atoms with Crippen molar-refractivity contribution in [2.45, 2.75) is 45.2 Å². The number of hydrogen-bond donors (Lipinski definition) is 2. The molecular weight excluding hydrogens is 314 g/mol. The van der Waals surface area contributed by atoms with Gasteiger partial charge in [0, 0.05) is 42.6 Å². The maximum Gasteiger partial charge on any atom is 0.224 e. The van der Waals surface area contributed by atoms with E-state index in [1.54, 1.807) is 0 Å². The molecule has 2 heterocycles. The van der Waals surface area contributed by atoms with Gasteiger partial charge in [-0.25, -0.2) is 4.98 Å². The van der Waals surface area contributed by atoms with E-state index in [1.165, 1.54) is 0 Å². The molecule has 6 nitrogen and oxygen atoms in total. The predicted octanol–water partition coefficient (Wildman–Crippen LogP) is 3.99. The van der Waals surface area contributed by atoms with Crippen molar-refractivity contribution in [1.29, 1.82) is 0 Å². The first kappa shape index (κ1) is 16.9. The second kappa shape index (κ2) is 6.89. The molecule has 0 saturated heterocycles. The number of anilines is 1. The smallest absolute Gasteiger partial charge is 0.224 e. The highest BCUT2D eigenvalue weighted by atomic mass is 16.1. The topological polar surface area (TPSA) is 82.5 Å². The van der Waals surface area contributed by atoms with Gasteiger partial charge in [0.25, 0.3) is 0 Å². The van der Waals surface area contributed by atoms with Crippen molar-refractivity contribution in [2.24, 2.45) is 10.2 Å². The highest BCUT2D eigenvalue weighted by molar-refractivity contribution is 5.91. The van der Waals surface area contributed by atoms with Gasteiger partial charge in [-0.3, -0.25) is 4.79 Å². The highest BCUT2D eigenvalue weighted by Crippen LogP contribution is 2.37. The van der Waals surface area contributed by atoms with Crippen LogP contribution in [0.1, 0.15) is 37.1 Å². The molecule has 3 rings (SSSR count). The maximum absolute atomic E-state index is 12.1. The molecule has 0 unspecified atom stereocenters. The monoisotopic (exact) mass is 335 g/mol. The molecule has 0 radical (unpaired) electrons. The van der Waals surface area contributed by atoms with Gasteiger partial charge in [-0.2, -0.15) is 10.2 Å². The Kier molecular flexibility index (Phi) is 4.66. The fraction of sp³-hybridized carbons (Fsp3) is 0.368. The fourth-order valence-corrected chi connectivity index (χ4v) is 2.60. The molecule has 1 aromatic carbocycles. The Bertz CT molecular complexity index is 816. The number of carbonyl (C=O) groups excluding carboxylic acids is 1. The first-order chi connectivity index (χ1) is 12.0. The summed E-state index contributed by atoms with van der Waals surface area (Å²) >= 11 is 0. The Morgan fingerprint density at radius 2 is 1.96 bits per heavy atom. The molecule has 2 N–H and O–H groups in total. The second-order valence-electron chi connectivity index (χ2n) is 6.31. The van der Waals surface area contributed by atoms with E-state index in [0.29, 0.717) is 25.7 Å². The molecule has 0 bridgehead atoms. The number of terminal acetylenes is 1. The summed E-state index contributed by atoms with van der Waals surface area (Å²) in [7, 11) is 0. The fourth-order valence-electron chi connectivity index (χ4n) is 2.60. The number of aromatic amines is 1. The van der Waals surface area contributed by atoms with Crippen LogP contribution < -0.4 is 5.32 Å². The second-order valence-corrected chi connectivity index (χ2v) is 6.31. The van der Waals surface area contributed by atoms with E-state index in [2.05, 4.69) is 31.4 Å². The van der Waals surface area contributed by atoms with E-state index < -0.39 is 5.66 Å². The van der Waals surface area contributed by atoms with Gasteiger partial charge in [-0.15, -0.1) is 12.3 Å². The number of carbonyl (C=O) groups is 1. The summed E-state index contributed by atoms with van der Waals surface area (Å²) in [5, 5.41) is 11.0. The molecule has 6 heteroatoms. The zero-order valence-corrected chi connectivity index (χ0v) is 14.5. The summed E-state index contributed by atoms with van der Waals surface area (Å²) in [6, 6.07) is 7.63. The zero-order chi connectivity index (χ0) is 17.9. The minimum absolute atomic E-state index is 0.0465. The number of amides is 1. The standard InChI is InChI=1S/C19H21N5O/c1-4-5-11-19(23-24-19)12-10-17(25)22-16-8-6-15(7-9-16)18-20-13(2)14(3)21-18/h1,6-9H,5,10-12H2,2-3H3,(H,20,21)(H,22,25). The lowest BCUT2D eigenvalue weighted by molar-refractivity contribution is -0.116. The lowest BCUT2D eigenvalue weighted by Crippen LogP contribution is -2.17. The highest BCUT2D eigenvalue weighted by Gasteiger charge is 2.39. The number of nitrogens with one attached hydrogen (secondary N) is 2. The van der Waals surface area contributed by atoms with Crippen LogP contribution >= 0.6 is 0 Å². The Hall–Kier alpha value is -2.94. The van der Waals surface area contributed by atoms with E-state index >= 15 is 0 Å². The maximum atomic E-state index is 12.1. The van der Waals surface area contributed by atoms with Crippen molar-refractivity contribution in [3.63, 3.8) is 0 Å². The van der Waals surface area contributed by atoms with Crippen LogP contribution in [0.25, 0.3) is 11.4 Å². The number of benzene rings is 1. The van der Waals surface area contributed by atoms with Crippen LogP contribution in [-0.4, -0.2) is 21.5 Å². The third-order valence-electron chi connectivity index (χ3n) is 4.38. The minimum atomic E-state index is -0.414. The van der Waals surface area contributed by atoms with Crippen molar-refractivity contribution in [2.75, 3.05) is 5.32 Å². The van der Waals surface area contributed by atoms with Crippen molar-refractivity contribution < 1.29 is 4.79 Å². The van der Waals surface area contributed by atoms with Crippen molar-refractivity contribution in [1.82, 2.24) is 9.97 Å². The van der Waals surface area contributed by atoms with Crippen LogP contribution in [0.2, 0.25) is 0 Å². The zero-order valence-electron chi connectivity index (χ0n) is 14.5. The van der Waals surface area contributed by atoms with Gasteiger partial charge in [-0.1, -0.05) is 0 Å². The summed E-state index contributed by atoms with van der Waals surface area (Å²) in [6.07, 6.45) is 7.58. The summed E-state index contributed by atoms with van der Waals surface area (Å²) in [5.74, 6) is 3.37. The van der Waals surface area contributed by atoms with Crippen molar-refractivity contribution in [3.8, 4) is 23.7 Å². The van der Waals surface area contributed by atoms with Gasteiger partial charge in [0.05, 0.1) is 5.69 Å². The van der Waals surface area contributed by atoms with Crippen LogP contribution in [0.5, 0.6) is 0 Å². The molecule has 0 atom stereocenters. The van der Waals surface area contributed by atoms with Gasteiger partial charge in [0.1, 0.15) is 5.82 Å². The molecule has 0 aliphatic carbocycles. The van der Waals surface area contributed by atoms with Crippen LogP contribution in [0.3, 0.4) is 0 Å². The van der Waals surface area contributed by atoms with Crippen LogP contribution in [0.4, 0.5) is 5.69 Å². The van der Waals surface area contributed by atoms with E-state index in [-0.39, 0.29) is 5.91 Å². The lowest BCUT2D eigenvalue weighted by Gasteiger charge is -2.09. The number of H-pyrrole nitrogens is 1. The number of rotatable bonds is 7. The molecule has 0 spiro atoms. The Labute approximate surface area is 147 Å². The lowest BCUT2D eigenvalue weighted by atomic mass is 10.0. The first-order valence-electron chi connectivity index (χ1n) is 8.32. The number of imidazole rings is 1. The normalized spacial score (nSPS) is 14.1. The summed E-state index contributed by atoms with van der Waals surface area (Å²) in [5.41, 5.74) is 3.38. The number of aryl methyl sites for hydroxylation is 2. The third kappa shape index (κ3) is 4.13. The number of aromatic nitrogens is 2. The summed E-state index contributed by atoms with van der Waals surface area (Å²) in [4.78, 5) is 19.8. The SMILES string of the molecule is C#CCCC1(CCC(=O)Nc2ccc(-c3nc(C)c(C)[nH]3)cc2)N=N1. The molecular formula is C19H21N5O. The molecule has 0 fully saturated rings. The van der Waals surface area contributed by atoms with Crippen LogP contribution in [0.15, 0.2) is 34.5 Å². The predicted molar refractivity (Wildman–Crippen MR) is 97.0 cm³/mol. The minimum Gasteiger partial charge on any atom is -0.342 e. The van der Waals surface area contributed by atoms with Crippen molar-refractivity contribution >= 4 is 11.6 Å². The van der Waals surface area contributed by atoms with Gasteiger partial charge in [-0.05, 0) is 38.1 Å². The Balaban J connectivity index is 1.53. The van der Waals surface area contributed by atoms with Gasteiger partial charge in [0.15, 0.2) is 5.66 Å². The molecule has 0 saturated carbocycles. The molecule has 1 aliphatic heterocycles. The number of nitrogens with zero attached hydrogens (tertiary/aromatic N) is 3. The largest absolute Gasteiger partial charge is 0.342 e. The van der Waals surface area contributed by atoms with E-state index in [1.807, 2.05) is 38.1 Å². The molecule has 1 amide bonds. The molecule has 1 aliphatic rings. The van der Waals surface area contributed by atoms with Crippen LogP contribution in [-0.2, 0) is 4.79 Å². The number of hydrogen-bond acceptors (Lipinski definition) is 4. The molecule has 2 aromatic rings. The van der Waals surface area contributed by atoms with E-state index in [9.17, 15) is 4.79 Å². The summed E-state index contributed by atoms with van der Waals surface area (Å²) in [6.45, 7) is 3.97. The molecule has 1 aromatic heterocycles. The Morgan fingerprint density at radius 3 is 2.52 bits per heavy atom. The first-order valence-corrected chi connectivity index (χ1v) is 8.32. The van der Waals surface area contributed by atoms with Gasteiger partial charge >= 0.3 is 0 Å². The van der Waals surface area contributed by atoms with Crippen LogP contribution in [0, 0.1) is 26.2 Å². The average Bonchev–Trinajstić information content (AvgIpc) is 3.30. The molecule has 128 valence electrons. The van der Waals surface area contributed by atoms with Crippen molar-refractivity contribution in [3.05, 3.63) is 35.7 Å². The quantitative estimate of drug-likeness (QED) is 0.750. The van der Waals surface area contributed by atoms with E-state index in [0.717, 1.165) is 28.5 Å². The summed E-state index contributed by atoms with van der Waals surface area (Å²) < 4.78 is 0. The van der Waals surface area contributed by atoms with E-state index in [4.69, 9.17) is 6.42 Å². The van der Waals surface area contributed by atoms with Gasteiger partial charge in [0.2, 0.25) is 5.91 Å². The average molecular weight is 335 g/mol. The molecule has 25 heavy (non-hydrogen) atoms. The Morgan fingerprint density at radius 1 is 1.24 bits per heavy atom. The van der Waals surface area contributed by atoms with Gasteiger partial charge < -0.3 is 10.3 Å².